The first kappa shape index (κ1) is 30.3. The van der Waals surface area contributed by atoms with Crippen molar-refractivity contribution in [2.75, 3.05) is 39.9 Å². The van der Waals surface area contributed by atoms with Crippen molar-refractivity contribution in [3.63, 3.8) is 0 Å². The van der Waals surface area contributed by atoms with Crippen LogP contribution in [0.15, 0.2) is 36.0 Å². The van der Waals surface area contributed by atoms with Gasteiger partial charge in [-0.2, -0.15) is 0 Å². The third kappa shape index (κ3) is 4.78. The first-order valence-corrected chi connectivity index (χ1v) is 16.9. The number of ether oxygens (including phenoxy) is 1. The van der Waals surface area contributed by atoms with Gasteiger partial charge in [-0.25, -0.2) is 9.40 Å². The molecule has 1 aromatic rings. The third-order valence-corrected chi connectivity index (χ3v) is 12.0. The standard InChI is InChI=1S/C34H43FN6O5/c1-38-10-4-5-18(38)8-9-37-28-25(35)13-23-29-33(28)46-27-15-22-21(30(42)19-6-2-3-7-20(19)31(22)43)14-26(27)41(29)16-24(32(23)44)34(45)39-11-12-40(36)17-39/h2-3,6-7,16,18,21-23,25-29,33,37H,4-5,8-15,17,36H2,1H3. The molecule has 5 fully saturated rings. The average molecular weight is 635 g/mol. The lowest BCUT2D eigenvalue weighted by Crippen LogP contribution is -2.73. The van der Waals surface area contributed by atoms with Crippen LogP contribution >= 0.6 is 0 Å². The van der Waals surface area contributed by atoms with Crippen LogP contribution in [0.1, 0.15) is 59.2 Å². The molecule has 3 N–H and O–H groups in total. The van der Waals surface area contributed by atoms with Gasteiger partial charge in [0, 0.05) is 54.2 Å². The van der Waals surface area contributed by atoms with E-state index in [1.807, 2.05) is 0 Å². The van der Waals surface area contributed by atoms with Crippen molar-refractivity contribution in [2.24, 2.45) is 23.6 Å². The van der Waals surface area contributed by atoms with Gasteiger partial charge in [0.2, 0.25) is 0 Å². The fourth-order valence-corrected chi connectivity index (χ4v) is 9.61. The van der Waals surface area contributed by atoms with Gasteiger partial charge in [0.25, 0.3) is 5.91 Å². The SMILES string of the molecule is CN1CCCC1CCNC1C(F)CC2C(=O)C(C(=O)N3CCN(N)C3)=CN3C4CC5C(=O)c6ccccc6C(=O)C5CC4OC1C23. The number of fused-ring (bicyclic) bond motifs is 4. The Bertz CT molecular complexity index is 1490. The van der Waals surface area contributed by atoms with Gasteiger partial charge in [0.15, 0.2) is 17.3 Å². The number of alkyl halides is 1. The normalized spacial score (nSPS) is 39.1. The predicted molar refractivity (Wildman–Crippen MR) is 165 cm³/mol. The number of hydrazine groups is 1. The summed E-state index contributed by atoms with van der Waals surface area (Å²) in [6, 6.07) is 5.99. The molecule has 10 unspecified atom stereocenters. The first-order chi connectivity index (χ1) is 22.2. The van der Waals surface area contributed by atoms with Crippen molar-refractivity contribution < 1.29 is 28.3 Å². The summed E-state index contributed by atoms with van der Waals surface area (Å²) in [4.78, 5) is 61.2. The number of benzene rings is 1. The molecule has 7 aliphatic rings. The van der Waals surface area contributed by atoms with E-state index >= 15 is 4.39 Å². The van der Waals surface area contributed by atoms with Gasteiger partial charge >= 0.3 is 0 Å². The minimum atomic E-state index is -1.35. The number of halogens is 1. The minimum absolute atomic E-state index is 0.0112. The molecule has 10 atom stereocenters. The van der Waals surface area contributed by atoms with Crippen LogP contribution in [-0.4, -0.2) is 125 Å². The maximum absolute atomic E-state index is 16.2. The van der Waals surface area contributed by atoms with Gasteiger partial charge in [0.1, 0.15) is 6.17 Å². The Labute approximate surface area is 268 Å². The summed E-state index contributed by atoms with van der Waals surface area (Å²) in [6.07, 6.45) is 3.05. The number of hydrogen-bond donors (Lipinski definition) is 2. The topological polar surface area (TPSA) is 129 Å². The van der Waals surface area contributed by atoms with E-state index < -0.39 is 54.1 Å². The highest BCUT2D eigenvalue weighted by Gasteiger charge is 2.61. The lowest BCUT2D eigenvalue weighted by molar-refractivity contribution is -0.203. The first-order valence-electron chi connectivity index (χ1n) is 16.9. The number of carbonyl (C=O) groups is 4. The van der Waals surface area contributed by atoms with Crippen LogP contribution in [0.25, 0.3) is 0 Å². The highest BCUT2D eigenvalue weighted by molar-refractivity contribution is 6.20. The van der Waals surface area contributed by atoms with Gasteiger partial charge < -0.3 is 24.8 Å². The number of morpholine rings is 1. The molecule has 3 aliphatic carbocycles. The zero-order chi connectivity index (χ0) is 31.9. The molecular weight excluding hydrogens is 591 g/mol. The zero-order valence-electron chi connectivity index (χ0n) is 26.2. The number of ketones is 3. The van der Waals surface area contributed by atoms with Crippen LogP contribution < -0.4 is 11.2 Å². The van der Waals surface area contributed by atoms with Crippen LogP contribution in [0.4, 0.5) is 4.39 Å². The van der Waals surface area contributed by atoms with Crippen molar-refractivity contribution >= 4 is 23.3 Å². The summed E-state index contributed by atoms with van der Waals surface area (Å²) in [7, 11) is 2.13. The number of nitrogens with zero attached hydrogens (tertiary/aromatic N) is 4. The second kappa shape index (κ2) is 11.6. The summed E-state index contributed by atoms with van der Waals surface area (Å²) in [5.41, 5.74) is 0.947. The molecule has 46 heavy (non-hydrogen) atoms. The van der Waals surface area contributed by atoms with Crippen molar-refractivity contribution in [2.45, 2.75) is 81.1 Å². The molecule has 0 bridgehead atoms. The van der Waals surface area contributed by atoms with Gasteiger partial charge in [0.05, 0.1) is 42.6 Å². The number of likely N-dealkylation sites (tertiary alicyclic amines) is 1. The largest absolute Gasteiger partial charge is 0.369 e. The summed E-state index contributed by atoms with van der Waals surface area (Å²) in [5.74, 6) is 3.27. The molecule has 12 heteroatoms. The van der Waals surface area contributed by atoms with E-state index in [1.54, 1.807) is 35.4 Å². The molecule has 1 aromatic carbocycles. The number of nitrogens with one attached hydrogen (secondary N) is 1. The van der Waals surface area contributed by atoms with Crippen molar-refractivity contribution in [3.8, 4) is 0 Å². The van der Waals surface area contributed by atoms with E-state index in [-0.39, 0.29) is 42.1 Å². The molecule has 0 spiro atoms. The average Bonchev–Trinajstić information content (AvgIpc) is 3.68. The van der Waals surface area contributed by atoms with Crippen LogP contribution in [0.5, 0.6) is 0 Å². The molecule has 0 radical (unpaired) electrons. The molecule has 1 amide bonds. The number of hydrogen-bond acceptors (Lipinski definition) is 10. The van der Waals surface area contributed by atoms with Gasteiger partial charge in [-0.15, -0.1) is 0 Å². The van der Waals surface area contributed by atoms with Crippen LogP contribution in [0.3, 0.4) is 0 Å². The monoisotopic (exact) mass is 634 g/mol. The smallest absolute Gasteiger partial charge is 0.260 e. The van der Waals surface area contributed by atoms with E-state index in [0.717, 1.165) is 25.8 Å². The van der Waals surface area contributed by atoms with Crippen molar-refractivity contribution in [3.05, 3.63) is 47.2 Å². The van der Waals surface area contributed by atoms with Gasteiger partial charge in [-0.05, 0) is 58.7 Å². The maximum atomic E-state index is 16.2. The fraction of sp³-hybridized carbons (Fsp3) is 0.647. The Morgan fingerprint density at radius 3 is 2.41 bits per heavy atom. The Hall–Kier alpha value is -3.03. The maximum Gasteiger partial charge on any atom is 0.260 e. The van der Waals surface area contributed by atoms with Crippen molar-refractivity contribution in [1.29, 1.82) is 0 Å². The van der Waals surface area contributed by atoms with Crippen LogP contribution in [-0.2, 0) is 14.3 Å². The third-order valence-electron chi connectivity index (χ3n) is 12.0. The number of amides is 1. The Balaban J connectivity index is 1.13. The molecule has 4 aliphatic heterocycles. The Morgan fingerprint density at radius 1 is 1.00 bits per heavy atom. The molecule has 2 saturated carbocycles. The lowest BCUT2D eigenvalue weighted by atomic mass is 9.63. The van der Waals surface area contributed by atoms with Gasteiger partial charge in [-0.3, -0.25) is 25.0 Å². The van der Waals surface area contributed by atoms with Gasteiger partial charge in [-0.1, -0.05) is 24.3 Å². The van der Waals surface area contributed by atoms with E-state index in [2.05, 4.69) is 22.2 Å². The summed E-state index contributed by atoms with van der Waals surface area (Å²) < 4.78 is 23.1. The molecule has 8 rings (SSSR count). The number of Topliss-reactive ketones (excluding diaryl/α,β-unsaturated/α-hetero) is 3. The quantitative estimate of drug-likeness (QED) is 0.360. The summed E-state index contributed by atoms with van der Waals surface area (Å²) in [6.45, 7) is 2.80. The highest BCUT2D eigenvalue weighted by atomic mass is 19.1. The Morgan fingerprint density at radius 2 is 1.74 bits per heavy atom. The second-order valence-electron chi connectivity index (χ2n) is 14.4. The van der Waals surface area contributed by atoms with E-state index in [4.69, 9.17) is 10.6 Å². The van der Waals surface area contributed by atoms with E-state index in [1.165, 1.54) is 5.01 Å². The molecule has 246 valence electrons. The Kier molecular flexibility index (Phi) is 7.64. The van der Waals surface area contributed by atoms with Crippen LogP contribution in [0.2, 0.25) is 0 Å². The fourth-order valence-electron chi connectivity index (χ4n) is 9.61. The second-order valence-corrected chi connectivity index (χ2v) is 14.4. The molecule has 11 nitrogen and oxygen atoms in total. The number of carbonyl (C=O) groups excluding carboxylic acids is 4. The lowest BCUT2D eigenvalue weighted by Gasteiger charge is -2.60. The zero-order valence-corrected chi connectivity index (χ0v) is 26.2. The van der Waals surface area contributed by atoms with E-state index in [9.17, 15) is 19.2 Å². The minimum Gasteiger partial charge on any atom is -0.369 e. The molecule has 4 heterocycles. The highest BCUT2D eigenvalue weighted by Crippen LogP contribution is 2.50. The molecule has 3 saturated heterocycles. The molecule has 0 aromatic heterocycles. The van der Waals surface area contributed by atoms with Crippen molar-refractivity contribution in [1.82, 2.24) is 25.0 Å². The summed E-state index contributed by atoms with van der Waals surface area (Å²) in [5, 5.41) is 5.01. The predicted octanol–water partition coefficient (Wildman–Crippen LogP) is 1.14. The number of nitrogens with two attached hydrogens (primary N) is 1. The van der Waals surface area contributed by atoms with Crippen LogP contribution in [0, 0.1) is 17.8 Å². The van der Waals surface area contributed by atoms with E-state index in [0.29, 0.717) is 49.6 Å². The number of rotatable bonds is 5. The molecular formula is C34H43FN6O5. The summed E-state index contributed by atoms with van der Waals surface area (Å²) >= 11 is 0.